The molecule has 1 aromatic heterocycles. The minimum absolute atomic E-state index is 0.435. The van der Waals surface area contributed by atoms with Crippen LogP contribution in [-0.2, 0) is 0 Å². The van der Waals surface area contributed by atoms with Gasteiger partial charge >= 0.3 is 0 Å². The predicted molar refractivity (Wildman–Crippen MR) is 66.8 cm³/mol. The zero-order valence-corrected chi connectivity index (χ0v) is 9.94. The Balaban J connectivity index is 2.98. The lowest BCUT2D eigenvalue weighted by molar-refractivity contribution is 0.887. The molecule has 0 spiro atoms. The summed E-state index contributed by atoms with van der Waals surface area (Å²) in [5, 5.41) is 0. The Morgan fingerprint density at radius 1 is 1.33 bits per heavy atom. The van der Waals surface area contributed by atoms with Crippen LogP contribution >= 0.6 is 15.9 Å². The largest absolute Gasteiger partial charge is 0.383 e. The van der Waals surface area contributed by atoms with E-state index >= 15 is 0 Å². The van der Waals surface area contributed by atoms with E-state index < -0.39 is 0 Å². The first-order valence-corrected chi connectivity index (χ1v) is 5.23. The van der Waals surface area contributed by atoms with Gasteiger partial charge in [0.1, 0.15) is 10.4 Å². The highest BCUT2D eigenvalue weighted by molar-refractivity contribution is 9.10. The fourth-order valence-electron chi connectivity index (χ4n) is 1.11. The second-order valence-corrected chi connectivity index (χ2v) is 3.71. The van der Waals surface area contributed by atoms with Crippen molar-refractivity contribution in [1.82, 2.24) is 9.97 Å². The number of nitrogens with two attached hydrogens (primary N) is 1. The molecule has 0 aliphatic rings. The van der Waals surface area contributed by atoms with Crippen molar-refractivity contribution in [2.24, 2.45) is 0 Å². The molecule has 15 heavy (non-hydrogen) atoms. The van der Waals surface area contributed by atoms with Crippen molar-refractivity contribution in [2.75, 3.05) is 23.7 Å². The fourth-order valence-corrected chi connectivity index (χ4v) is 1.51. The van der Waals surface area contributed by atoms with E-state index in [2.05, 4.69) is 39.1 Å². The van der Waals surface area contributed by atoms with Crippen molar-refractivity contribution < 1.29 is 0 Å². The quantitative estimate of drug-likeness (QED) is 0.656. The van der Waals surface area contributed by atoms with Crippen LogP contribution in [0, 0.1) is 0 Å². The van der Waals surface area contributed by atoms with Crippen molar-refractivity contribution in [2.45, 2.75) is 0 Å². The number of hydrogen-bond acceptors (Lipinski definition) is 4. The molecule has 0 unspecified atom stereocenters. The summed E-state index contributed by atoms with van der Waals surface area (Å²) in [5.41, 5.74) is 5.63. The summed E-state index contributed by atoms with van der Waals surface area (Å²) in [6.45, 7) is 8.67. The Morgan fingerprint density at radius 2 is 1.93 bits per heavy atom. The number of anilines is 2. The van der Waals surface area contributed by atoms with Crippen LogP contribution in [0.2, 0.25) is 0 Å². The molecule has 0 aliphatic carbocycles. The van der Waals surface area contributed by atoms with Crippen LogP contribution in [0.5, 0.6) is 0 Å². The first-order valence-electron chi connectivity index (χ1n) is 4.44. The average Bonchev–Trinajstić information content (AvgIpc) is 2.16. The first kappa shape index (κ1) is 11.7. The van der Waals surface area contributed by atoms with E-state index in [1.807, 2.05) is 4.90 Å². The third-order valence-electron chi connectivity index (χ3n) is 1.68. The van der Waals surface area contributed by atoms with Crippen LogP contribution in [0.3, 0.4) is 0 Å². The Labute approximate surface area is 97.6 Å². The first-order chi connectivity index (χ1) is 7.17. The monoisotopic (exact) mass is 268 g/mol. The molecule has 0 atom stereocenters. The fraction of sp³-hybridized carbons (Fsp3) is 0.200. The van der Waals surface area contributed by atoms with E-state index in [4.69, 9.17) is 5.73 Å². The van der Waals surface area contributed by atoms with Gasteiger partial charge in [0.2, 0.25) is 5.95 Å². The highest BCUT2D eigenvalue weighted by atomic mass is 79.9. The van der Waals surface area contributed by atoms with Gasteiger partial charge in [0.05, 0.1) is 0 Å². The van der Waals surface area contributed by atoms with Crippen LogP contribution in [-0.4, -0.2) is 23.1 Å². The number of nitrogen functional groups attached to an aromatic ring is 1. The molecule has 80 valence electrons. The summed E-state index contributed by atoms with van der Waals surface area (Å²) in [5.74, 6) is 1.01. The van der Waals surface area contributed by atoms with E-state index in [1.54, 1.807) is 18.2 Å². The molecule has 0 saturated carbocycles. The Morgan fingerprint density at radius 3 is 2.40 bits per heavy atom. The van der Waals surface area contributed by atoms with Gasteiger partial charge in [-0.1, -0.05) is 12.2 Å². The standard InChI is InChI=1S/C10H13BrN4/c1-3-5-15(6-4-2)10-13-8(11)7-9(12)14-10/h3-4,7H,1-2,5-6H2,(H2,12,13,14). The van der Waals surface area contributed by atoms with Crippen LogP contribution in [0.4, 0.5) is 11.8 Å². The van der Waals surface area contributed by atoms with E-state index in [0.717, 1.165) is 0 Å². The summed E-state index contributed by atoms with van der Waals surface area (Å²) < 4.78 is 0.670. The smallest absolute Gasteiger partial charge is 0.228 e. The van der Waals surface area contributed by atoms with E-state index in [-0.39, 0.29) is 0 Å². The van der Waals surface area contributed by atoms with Gasteiger partial charge in [-0.25, -0.2) is 4.98 Å². The number of nitrogens with zero attached hydrogens (tertiary/aromatic N) is 3. The summed E-state index contributed by atoms with van der Waals surface area (Å²) in [4.78, 5) is 10.3. The lowest BCUT2D eigenvalue weighted by atomic mass is 10.4. The number of aromatic nitrogens is 2. The van der Waals surface area contributed by atoms with Crippen molar-refractivity contribution in [3.05, 3.63) is 36.0 Å². The Kier molecular flexibility index (Phi) is 4.30. The third kappa shape index (κ3) is 3.36. The Hall–Kier alpha value is -1.36. The van der Waals surface area contributed by atoms with E-state index in [0.29, 0.717) is 29.5 Å². The van der Waals surface area contributed by atoms with E-state index in [9.17, 15) is 0 Å². The van der Waals surface area contributed by atoms with Gasteiger partial charge in [0.15, 0.2) is 0 Å². The topological polar surface area (TPSA) is 55.0 Å². The van der Waals surface area contributed by atoms with Gasteiger partial charge in [-0.15, -0.1) is 13.2 Å². The predicted octanol–water partition coefficient (Wildman–Crippen LogP) is 2.00. The minimum atomic E-state index is 0.435. The molecule has 0 saturated heterocycles. The van der Waals surface area contributed by atoms with Crippen molar-refractivity contribution >= 4 is 27.7 Å². The highest BCUT2D eigenvalue weighted by Gasteiger charge is 2.07. The maximum absolute atomic E-state index is 5.63. The highest BCUT2D eigenvalue weighted by Crippen LogP contribution is 2.15. The minimum Gasteiger partial charge on any atom is -0.383 e. The number of halogens is 1. The molecule has 1 heterocycles. The van der Waals surface area contributed by atoms with Crippen LogP contribution < -0.4 is 10.6 Å². The summed E-state index contributed by atoms with van der Waals surface area (Å²) in [6.07, 6.45) is 3.56. The Bertz CT molecular complexity index is 334. The van der Waals surface area contributed by atoms with Crippen LogP contribution in [0.1, 0.15) is 0 Å². The van der Waals surface area contributed by atoms with Gasteiger partial charge in [-0.2, -0.15) is 4.98 Å². The molecule has 0 radical (unpaired) electrons. The molecule has 2 N–H and O–H groups in total. The summed E-state index contributed by atoms with van der Waals surface area (Å²) >= 11 is 3.27. The van der Waals surface area contributed by atoms with Crippen LogP contribution in [0.25, 0.3) is 0 Å². The molecule has 0 aliphatic heterocycles. The normalized spacial score (nSPS) is 9.67. The summed E-state index contributed by atoms with van der Waals surface area (Å²) in [7, 11) is 0. The molecule has 1 rings (SSSR count). The molecule has 0 amide bonds. The van der Waals surface area contributed by atoms with Crippen molar-refractivity contribution in [3.8, 4) is 0 Å². The van der Waals surface area contributed by atoms with E-state index in [1.165, 1.54) is 0 Å². The zero-order chi connectivity index (χ0) is 11.3. The molecule has 4 nitrogen and oxygen atoms in total. The second kappa shape index (κ2) is 5.50. The average molecular weight is 269 g/mol. The summed E-state index contributed by atoms with van der Waals surface area (Å²) in [6, 6.07) is 1.66. The molecule has 0 aromatic carbocycles. The van der Waals surface area contributed by atoms with Gasteiger partial charge in [-0.3, -0.25) is 0 Å². The maximum Gasteiger partial charge on any atom is 0.228 e. The number of hydrogen-bond donors (Lipinski definition) is 1. The van der Waals surface area contributed by atoms with Gasteiger partial charge in [0, 0.05) is 19.2 Å². The van der Waals surface area contributed by atoms with Gasteiger partial charge in [-0.05, 0) is 15.9 Å². The maximum atomic E-state index is 5.63. The lowest BCUT2D eigenvalue weighted by Gasteiger charge is -2.19. The zero-order valence-electron chi connectivity index (χ0n) is 8.36. The second-order valence-electron chi connectivity index (χ2n) is 2.90. The molecule has 1 aromatic rings. The lowest BCUT2D eigenvalue weighted by Crippen LogP contribution is -2.25. The third-order valence-corrected chi connectivity index (χ3v) is 2.09. The van der Waals surface area contributed by atoms with Crippen molar-refractivity contribution in [3.63, 3.8) is 0 Å². The van der Waals surface area contributed by atoms with Gasteiger partial charge < -0.3 is 10.6 Å². The van der Waals surface area contributed by atoms with Crippen LogP contribution in [0.15, 0.2) is 36.0 Å². The van der Waals surface area contributed by atoms with Crippen molar-refractivity contribution in [1.29, 1.82) is 0 Å². The molecular weight excluding hydrogens is 256 g/mol. The molecule has 0 fully saturated rings. The molecule has 0 bridgehead atoms. The molecular formula is C10H13BrN4. The molecule has 5 heteroatoms. The number of rotatable bonds is 5. The van der Waals surface area contributed by atoms with Gasteiger partial charge in [0.25, 0.3) is 0 Å². The SMILES string of the molecule is C=CCN(CC=C)c1nc(N)cc(Br)n1.